The Bertz CT molecular complexity index is 1350. The summed E-state index contributed by atoms with van der Waals surface area (Å²) in [5.41, 5.74) is 2.19. The van der Waals surface area contributed by atoms with Gasteiger partial charge in [-0.2, -0.15) is 4.31 Å². The van der Waals surface area contributed by atoms with Gasteiger partial charge in [0.15, 0.2) is 0 Å². The molecule has 0 aromatic heterocycles. The van der Waals surface area contributed by atoms with Gasteiger partial charge in [0, 0.05) is 39.0 Å². The van der Waals surface area contributed by atoms with E-state index in [2.05, 4.69) is 10.6 Å². The van der Waals surface area contributed by atoms with Crippen molar-refractivity contribution >= 4 is 27.6 Å². The van der Waals surface area contributed by atoms with Crippen molar-refractivity contribution in [3.63, 3.8) is 0 Å². The number of halogens is 1. The smallest absolute Gasteiger partial charge is 0.321 e. The monoisotopic (exact) mass is 540 g/mol. The normalized spacial score (nSPS) is 16.2. The van der Waals surface area contributed by atoms with Gasteiger partial charge < -0.3 is 20.3 Å². The van der Waals surface area contributed by atoms with Crippen molar-refractivity contribution in [2.75, 3.05) is 45.2 Å². The summed E-state index contributed by atoms with van der Waals surface area (Å²) in [5.74, 6) is -0.975. The number of amides is 3. The maximum absolute atomic E-state index is 13.6. The van der Waals surface area contributed by atoms with Crippen LogP contribution in [0.3, 0.4) is 0 Å². The first kappa shape index (κ1) is 27.2. The number of nitrogens with zero attached hydrogens (tertiary/aromatic N) is 2. The molecule has 0 spiro atoms. The van der Waals surface area contributed by atoms with Gasteiger partial charge in [-0.25, -0.2) is 17.6 Å². The van der Waals surface area contributed by atoms with Crippen LogP contribution in [-0.4, -0.2) is 75.5 Å². The predicted molar refractivity (Wildman–Crippen MR) is 141 cm³/mol. The second-order valence-electron chi connectivity index (χ2n) is 8.69. The molecule has 11 heteroatoms. The molecule has 38 heavy (non-hydrogen) atoms. The highest BCUT2D eigenvalue weighted by Gasteiger charge is 2.41. The number of sulfonamides is 1. The van der Waals surface area contributed by atoms with E-state index < -0.39 is 33.8 Å². The summed E-state index contributed by atoms with van der Waals surface area (Å²) in [4.78, 5) is 27.4. The van der Waals surface area contributed by atoms with Crippen LogP contribution in [-0.2, 0) is 19.6 Å². The third-order valence-corrected chi connectivity index (χ3v) is 8.11. The lowest BCUT2D eigenvalue weighted by molar-refractivity contribution is -0.126. The van der Waals surface area contributed by atoms with E-state index in [1.165, 1.54) is 48.4 Å². The summed E-state index contributed by atoms with van der Waals surface area (Å²) >= 11 is 0. The number of carbonyl (C=O) groups is 2. The average Bonchev–Trinajstić information content (AvgIpc) is 2.94. The van der Waals surface area contributed by atoms with Crippen molar-refractivity contribution in [2.24, 2.45) is 0 Å². The summed E-state index contributed by atoms with van der Waals surface area (Å²) < 4.78 is 46.6. The molecule has 0 bridgehead atoms. The van der Waals surface area contributed by atoms with Gasteiger partial charge in [0.2, 0.25) is 15.9 Å². The van der Waals surface area contributed by atoms with Crippen LogP contribution < -0.4 is 10.6 Å². The molecule has 200 valence electrons. The number of methoxy groups -OCH3 is 1. The van der Waals surface area contributed by atoms with Crippen molar-refractivity contribution in [3.05, 3.63) is 84.7 Å². The van der Waals surface area contributed by atoms with E-state index in [9.17, 15) is 22.4 Å². The second kappa shape index (κ2) is 12.2. The molecule has 0 aliphatic carbocycles. The fourth-order valence-corrected chi connectivity index (χ4v) is 5.74. The van der Waals surface area contributed by atoms with Crippen molar-refractivity contribution in [1.82, 2.24) is 14.5 Å². The molecule has 1 atom stereocenters. The van der Waals surface area contributed by atoms with Crippen LogP contribution >= 0.6 is 0 Å². The van der Waals surface area contributed by atoms with Crippen LogP contribution in [0.5, 0.6) is 0 Å². The molecule has 3 aromatic rings. The Morgan fingerprint density at radius 1 is 0.947 bits per heavy atom. The zero-order chi connectivity index (χ0) is 27.1. The van der Waals surface area contributed by atoms with Crippen molar-refractivity contribution in [1.29, 1.82) is 0 Å². The largest absolute Gasteiger partial charge is 0.383 e. The van der Waals surface area contributed by atoms with E-state index in [0.29, 0.717) is 5.69 Å². The molecule has 1 heterocycles. The topological polar surface area (TPSA) is 108 Å². The third-order valence-electron chi connectivity index (χ3n) is 6.19. The van der Waals surface area contributed by atoms with Gasteiger partial charge in [-0.15, -0.1) is 0 Å². The SMILES string of the molecule is COCCNC(=O)C1CN(C(=O)Nc2ccc(F)cc2)CCN1S(=O)(=O)c1ccc(-c2ccccc2)cc1. The Morgan fingerprint density at radius 3 is 2.26 bits per heavy atom. The highest BCUT2D eigenvalue weighted by Crippen LogP contribution is 2.26. The minimum absolute atomic E-state index is 0.0519. The van der Waals surface area contributed by atoms with Gasteiger partial charge in [0.1, 0.15) is 11.9 Å². The number of ether oxygens (including phenoxy) is 1. The van der Waals surface area contributed by atoms with Gasteiger partial charge in [-0.3, -0.25) is 4.79 Å². The molecule has 3 amide bonds. The summed E-state index contributed by atoms with van der Waals surface area (Å²) in [7, 11) is -2.57. The molecule has 1 unspecified atom stereocenters. The first-order chi connectivity index (χ1) is 18.3. The van der Waals surface area contributed by atoms with Crippen molar-refractivity contribution in [3.8, 4) is 11.1 Å². The molecule has 9 nitrogen and oxygen atoms in total. The Labute approximate surface area is 221 Å². The quantitative estimate of drug-likeness (QED) is 0.427. The molecule has 4 rings (SSSR count). The second-order valence-corrected chi connectivity index (χ2v) is 10.6. The van der Waals surface area contributed by atoms with Crippen LogP contribution in [0.25, 0.3) is 11.1 Å². The van der Waals surface area contributed by atoms with E-state index in [1.807, 2.05) is 30.3 Å². The lowest BCUT2D eigenvalue weighted by atomic mass is 10.1. The Balaban J connectivity index is 1.54. The van der Waals surface area contributed by atoms with Crippen molar-refractivity contribution < 1.29 is 27.1 Å². The minimum Gasteiger partial charge on any atom is -0.383 e. The molecular formula is C27H29FN4O5S. The number of rotatable bonds is 8. The van der Waals surface area contributed by atoms with Crippen LogP contribution in [0.15, 0.2) is 83.8 Å². The molecule has 0 radical (unpaired) electrons. The molecule has 3 aromatic carbocycles. The molecule has 1 fully saturated rings. The summed E-state index contributed by atoms with van der Waals surface area (Å²) in [5, 5.41) is 5.34. The van der Waals surface area contributed by atoms with E-state index in [1.54, 1.807) is 12.1 Å². The van der Waals surface area contributed by atoms with Gasteiger partial charge in [0.25, 0.3) is 0 Å². The fraction of sp³-hybridized carbons (Fsp3) is 0.259. The van der Waals surface area contributed by atoms with Gasteiger partial charge in [0.05, 0.1) is 11.5 Å². The van der Waals surface area contributed by atoms with Crippen molar-refractivity contribution in [2.45, 2.75) is 10.9 Å². The Hall–Kier alpha value is -3.80. The fourth-order valence-electron chi connectivity index (χ4n) is 4.17. The number of nitrogens with one attached hydrogen (secondary N) is 2. The molecular weight excluding hydrogens is 511 g/mol. The van der Waals surface area contributed by atoms with Gasteiger partial charge in [-0.1, -0.05) is 42.5 Å². The number of benzene rings is 3. The third kappa shape index (κ3) is 6.36. The van der Waals surface area contributed by atoms with E-state index in [-0.39, 0.29) is 37.7 Å². The summed E-state index contributed by atoms with van der Waals surface area (Å²) in [6.07, 6.45) is 0. The van der Waals surface area contributed by atoms with E-state index >= 15 is 0 Å². The van der Waals surface area contributed by atoms with E-state index in [4.69, 9.17) is 4.74 Å². The number of hydrogen-bond donors (Lipinski definition) is 2. The number of anilines is 1. The molecule has 1 aliphatic rings. The number of urea groups is 1. The van der Waals surface area contributed by atoms with Crippen LogP contribution in [0.4, 0.5) is 14.9 Å². The molecule has 0 saturated carbocycles. The Kier molecular flexibility index (Phi) is 8.72. The van der Waals surface area contributed by atoms with Crippen LogP contribution in [0.1, 0.15) is 0 Å². The predicted octanol–water partition coefficient (Wildman–Crippen LogP) is 3.16. The van der Waals surface area contributed by atoms with Gasteiger partial charge in [-0.05, 0) is 47.5 Å². The van der Waals surface area contributed by atoms with E-state index in [0.717, 1.165) is 15.4 Å². The minimum atomic E-state index is -4.06. The van der Waals surface area contributed by atoms with Crippen LogP contribution in [0.2, 0.25) is 0 Å². The molecule has 1 aliphatic heterocycles. The maximum Gasteiger partial charge on any atom is 0.321 e. The summed E-state index contributed by atoms with van der Waals surface area (Å²) in [6, 6.07) is 19.7. The highest BCUT2D eigenvalue weighted by atomic mass is 32.2. The molecule has 1 saturated heterocycles. The zero-order valence-electron chi connectivity index (χ0n) is 20.8. The average molecular weight is 541 g/mol. The first-order valence-electron chi connectivity index (χ1n) is 12.0. The Morgan fingerprint density at radius 2 is 1.61 bits per heavy atom. The zero-order valence-corrected chi connectivity index (χ0v) is 21.7. The number of piperazine rings is 1. The lowest BCUT2D eigenvalue weighted by Crippen LogP contribution is -2.62. The maximum atomic E-state index is 13.6. The van der Waals surface area contributed by atoms with Crippen LogP contribution in [0, 0.1) is 5.82 Å². The lowest BCUT2D eigenvalue weighted by Gasteiger charge is -2.39. The number of hydrogen-bond acceptors (Lipinski definition) is 5. The summed E-state index contributed by atoms with van der Waals surface area (Å²) in [6.45, 7) is 0.263. The first-order valence-corrected chi connectivity index (χ1v) is 13.5. The van der Waals surface area contributed by atoms with Gasteiger partial charge >= 0.3 is 6.03 Å². The molecule has 2 N–H and O–H groups in total. The highest BCUT2D eigenvalue weighted by molar-refractivity contribution is 7.89. The standard InChI is InChI=1S/C27H29FN4O5S/c1-37-18-15-29-26(33)25-19-31(27(34)30-23-11-9-22(28)10-12-23)16-17-32(25)38(35,36)24-13-7-21(8-14-24)20-5-3-2-4-6-20/h2-14,25H,15-19H2,1H3,(H,29,33)(H,30,34). The number of carbonyl (C=O) groups excluding carboxylic acids is 2.